The summed E-state index contributed by atoms with van der Waals surface area (Å²) in [6.07, 6.45) is -0.0918. The van der Waals surface area contributed by atoms with E-state index in [1.807, 2.05) is 13.8 Å². The summed E-state index contributed by atoms with van der Waals surface area (Å²) in [5.41, 5.74) is 1.24. The van der Waals surface area contributed by atoms with E-state index >= 15 is 0 Å². The van der Waals surface area contributed by atoms with E-state index in [0.29, 0.717) is 28.7 Å². The number of ether oxygens (including phenoxy) is 2. The smallest absolute Gasteiger partial charge is 0.350 e. The molecule has 1 fully saturated rings. The molecule has 8 heteroatoms. The van der Waals surface area contributed by atoms with Crippen molar-refractivity contribution in [1.29, 1.82) is 0 Å². The standard InChI is InChI=1S/C19H21FN2O4S/c1-11-8-22(9-12(2)26-11)16(23)10-25-19(24)17-13(3)21-18(27-17)14-4-6-15(20)7-5-14/h4-7,11-12H,8-10H2,1-3H3/t11-,12+. The number of aryl methyl sites for hydroxylation is 1. The van der Waals surface area contributed by atoms with Crippen LogP contribution in [0.5, 0.6) is 0 Å². The summed E-state index contributed by atoms with van der Waals surface area (Å²) in [6.45, 7) is 6.15. The molecule has 1 amide bonds. The van der Waals surface area contributed by atoms with Crippen LogP contribution < -0.4 is 0 Å². The normalized spacial score (nSPS) is 19.8. The largest absolute Gasteiger partial charge is 0.451 e. The van der Waals surface area contributed by atoms with Crippen molar-refractivity contribution in [3.05, 3.63) is 40.7 Å². The van der Waals surface area contributed by atoms with Gasteiger partial charge in [0, 0.05) is 18.7 Å². The average molecular weight is 392 g/mol. The molecule has 0 N–H and O–H groups in total. The summed E-state index contributed by atoms with van der Waals surface area (Å²) in [7, 11) is 0. The highest BCUT2D eigenvalue weighted by atomic mass is 32.1. The zero-order valence-corrected chi connectivity index (χ0v) is 16.2. The lowest BCUT2D eigenvalue weighted by Crippen LogP contribution is -2.49. The zero-order chi connectivity index (χ0) is 19.6. The number of esters is 1. The van der Waals surface area contributed by atoms with Crippen molar-refractivity contribution in [3.8, 4) is 10.6 Å². The van der Waals surface area contributed by atoms with Gasteiger partial charge in [-0.25, -0.2) is 14.2 Å². The number of thiazole rings is 1. The van der Waals surface area contributed by atoms with Crippen molar-refractivity contribution < 1.29 is 23.5 Å². The van der Waals surface area contributed by atoms with Gasteiger partial charge in [0.1, 0.15) is 15.7 Å². The van der Waals surface area contributed by atoms with Crippen molar-refractivity contribution in [2.75, 3.05) is 19.7 Å². The van der Waals surface area contributed by atoms with Crippen LogP contribution in [0.2, 0.25) is 0 Å². The van der Waals surface area contributed by atoms with Crippen LogP contribution >= 0.6 is 11.3 Å². The molecule has 0 aliphatic carbocycles. The van der Waals surface area contributed by atoms with E-state index in [9.17, 15) is 14.0 Å². The van der Waals surface area contributed by atoms with Crippen LogP contribution in [-0.4, -0.2) is 53.7 Å². The molecule has 2 heterocycles. The average Bonchev–Trinajstić information content (AvgIpc) is 3.01. The van der Waals surface area contributed by atoms with Crippen LogP contribution in [-0.2, 0) is 14.3 Å². The van der Waals surface area contributed by atoms with Crippen molar-refractivity contribution in [3.63, 3.8) is 0 Å². The van der Waals surface area contributed by atoms with Gasteiger partial charge in [0.15, 0.2) is 6.61 Å². The Morgan fingerprint density at radius 1 is 1.26 bits per heavy atom. The number of benzene rings is 1. The first-order valence-corrected chi connectivity index (χ1v) is 9.49. The van der Waals surface area contributed by atoms with Gasteiger partial charge in [-0.3, -0.25) is 4.79 Å². The zero-order valence-electron chi connectivity index (χ0n) is 15.4. The summed E-state index contributed by atoms with van der Waals surface area (Å²) in [5.74, 6) is -1.16. The molecule has 1 aliphatic rings. The van der Waals surface area contributed by atoms with E-state index in [1.54, 1.807) is 24.0 Å². The molecule has 144 valence electrons. The first-order valence-electron chi connectivity index (χ1n) is 8.67. The van der Waals surface area contributed by atoms with Crippen molar-refractivity contribution in [2.45, 2.75) is 33.0 Å². The Kier molecular flexibility index (Phi) is 5.86. The molecule has 0 radical (unpaired) electrons. The van der Waals surface area contributed by atoms with E-state index in [2.05, 4.69) is 4.98 Å². The molecule has 27 heavy (non-hydrogen) atoms. The van der Waals surface area contributed by atoms with E-state index < -0.39 is 5.97 Å². The topological polar surface area (TPSA) is 68.7 Å². The fourth-order valence-corrected chi connectivity index (χ4v) is 3.93. The molecular weight excluding hydrogens is 371 g/mol. The minimum Gasteiger partial charge on any atom is -0.451 e. The van der Waals surface area contributed by atoms with Gasteiger partial charge in [0.05, 0.1) is 17.9 Å². The van der Waals surface area contributed by atoms with E-state index in [-0.39, 0.29) is 30.5 Å². The highest BCUT2D eigenvalue weighted by Gasteiger charge is 2.27. The van der Waals surface area contributed by atoms with E-state index in [4.69, 9.17) is 9.47 Å². The van der Waals surface area contributed by atoms with Gasteiger partial charge in [0.2, 0.25) is 0 Å². The number of rotatable bonds is 4. The predicted molar refractivity (Wildman–Crippen MR) is 99.1 cm³/mol. The lowest BCUT2D eigenvalue weighted by Gasteiger charge is -2.35. The van der Waals surface area contributed by atoms with Crippen LogP contribution in [0.3, 0.4) is 0 Å². The SMILES string of the molecule is Cc1nc(-c2ccc(F)cc2)sc1C(=O)OCC(=O)N1C[C@@H](C)O[C@@H](C)C1. The molecule has 1 aliphatic heterocycles. The second-order valence-electron chi connectivity index (χ2n) is 6.57. The summed E-state index contributed by atoms with van der Waals surface area (Å²) in [5, 5.41) is 0.599. The summed E-state index contributed by atoms with van der Waals surface area (Å²) in [6, 6.07) is 5.89. The number of carbonyl (C=O) groups is 2. The molecule has 0 spiro atoms. The molecule has 0 unspecified atom stereocenters. The Morgan fingerprint density at radius 3 is 2.52 bits per heavy atom. The van der Waals surface area contributed by atoms with Crippen LogP contribution in [0.15, 0.2) is 24.3 Å². The summed E-state index contributed by atoms with van der Waals surface area (Å²) in [4.78, 5) is 31.0. The lowest BCUT2D eigenvalue weighted by molar-refractivity contribution is -0.146. The minimum atomic E-state index is -0.582. The first kappa shape index (κ1) is 19.4. The van der Waals surface area contributed by atoms with E-state index in [1.165, 1.54) is 12.1 Å². The molecule has 2 atom stereocenters. The Labute approximate surface area is 160 Å². The Hall–Kier alpha value is -2.32. The maximum absolute atomic E-state index is 13.1. The Bertz CT molecular complexity index is 827. The summed E-state index contributed by atoms with van der Waals surface area (Å²) < 4.78 is 23.9. The number of amides is 1. The number of aromatic nitrogens is 1. The van der Waals surface area contributed by atoms with Gasteiger partial charge in [0.25, 0.3) is 5.91 Å². The van der Waals surface area contributed by atoms with E-state index in [0.717, 1.165) is 16.9 Å². The predicted octanol–water partition coefficient (Wildman–Crippen LogP) is 3.05. The van der Waals surface area contributed by atoms with Crippen LogP contribution in [0.4, 0.5) is 4.39 Å². The van der Waals surface area contributed by atoms with Gasteiger partial charge >= 0.3 is 5.97 Å². The number of carbonyl (C=O) groups excluding carboxylic acids is 2. The van der Waals surface area contributed by atoms with Gasteiger partial charge in [-0.15, -0.1) is 11.3 Å². The van der Waals surface area contributed by atoms with Gasteiger partial charge in [-0.2, -0.15) is 0 Å². The second kappa shape index (κ2) is 8.14. The third-order valence-electron chi connectivity index (χ3n) is 4.17. The van der Waals surface area contributed by atoms with Crippen molar-refractivity contribution in [2.24, 2.45) is 0 Å². The number of morpholine rings is 1. The van der Waals surface area contributed by atoms with Gasteiger partial charge < -0.3 is 14.4 Å². The van der Waals surface area contributed by atoms with Crippen molar-refractivity contribution >= 4 is 23.2 Å². The van der Waals surface area contributed by atoms with Crippen molar-refractivity contribution in [1.82, 2.24) is 9.88 Å². The molecule has 1 aromatic carbocycles. The lowest BCUT2D eigenvalue weighted by atomic mass is 10.2. The maximum atomic E-state index is 13.1. The monoisotopic (exact) mass is 392 g/mol. The van der Waals surface area contributed by atoms with Crippen LogP contribution in [0, 0.1) is 12.7 Å². The highest BCUT2D eigenvalue weighted by molar-refractivity contribution is 7.17. The van der Waals surface area contributed by atoms with Gasteiger partial charge in [-0.1, -0.05) is 0 Å². The second-order valence-corrected chi connectivity index (χ2v) is 7.57. The molecule has 1 aromatic heterocycles. The molecule has 0 bridgehead atoms. The minimum absolute atomic E-state index is 0.0459. The van der Waals surface area contributed by atoms with Crippen LogP contribution in [0.1, 0.15) is 29.2 Å². The first-order chi connectivity index (χ1) is 12.8. The third kappa shape index (κ3) is 4.70. The maximum Gasteiger partial charge on any atom is 0.350 e. The fourth-order valence-electron chi connectivity index (χ4n) is 2.97. The molecular formula is C19H21FN2O4S. The number of hydrogen-bond donors (Lipinski definition) is 0. The number of halogens is 1. The molecule has 1 saturated heterocycles. The number of nitrogens with zero attached hydrogens (tertiary/aromatic N) is 2. The fraction of sp³-hybridized carbons (Fsp3) is 0.421. The Balaban J connectivity index is 1.63. The third-order valence-corrected chi connectivity index (χ3v) is 5.36. The summed E-state index contributed by atoms with van der Waals surface area (Å²) >= 11 is 1.16. The number of hydrogen-bond acceptors (Lipinski definition) is 6. The molecule has 0 saturated carbocycles. The van der Waals surface area contributed by atoms with Crippen LogP contribution in [0.25, 0.3) is 10.6 Å². The molecule has 6 nitrogen and oxygen atoms in total. The Morgan fingerprint density at radius 2 is 1.89 bits per heavy atom. The highest BCUT2D eigenvalue weighted by Crippen LogP contribution is 2.28. The molecule has 3 rings (SSSR count). The van der Waals surface area contributed by atoms with Gasteiger partial charge in [-0.05, 0) is 45.0 Å². The quantitative estimate of drug-likeness (QED) is 0.748. The molecule has 2 aromatic rings.